The summed E-state index contributed by atoms with van der Waals surface area (Å²) in [5.74, 6) is -2.40. The molecule has 1 aliphatic heterocycles. The highest BCUT2D eigenvalue weighted by Gasteiger charge is 2.35. The van der Waals surface area contributed by atoms with Crippen LogP contribution in [-0.4, -0.2) is 72.2 Å². The normalized spacial score (nSPS) is 18.7. The first kappa shape index (κ1) is 28.0. The van der Waals surface area contributed by atoms with Crippen molar-refractivity contribution in [1.29, 1.82) is 0 Å². The lowest BCUT2D eigenvalue weighted by molar-refractivity contribution is -0.384. The van der Waals surface area contributed by atoms with Gasteiger partial charge in [0, 0.05) is 31.8 Å². The summed E-state index contributed by atoms with van der Waals surface area (Å²) in [5, 5.41) is 15.8. The molecule has 1 aromatic carbocycles. The maximum atomic E-state index is 14.6. The minimum atomic E-state index is -4.91. The molecule has 1 fully saturated rings. The van der Waals surface area contributed by atoms with Crippen molar-refractivity contribution in [2.75, 3.05) is 31.6 Å². The van der Waals surface area contributed by atoms with Gasteiger partial charge in [-0.05, 0) is 27.2 Å². The number of rotatable bonds is 7. The summed E-state index contributed by atoms with van der Waals surface area (Å²) in [4.78, 5) is 36.4. The molecule has 0 radical (unpaired) electrons. The van der Waals surface area contributed by atoms with Crippen molar-refractivity contribution in [1.82, 2.24) is 10.2 Å². The maximum Gasteiger partial charge on any atom is 0.522 e. The first-order valence-corrected chi connectivity index (χ1v) is 10.4. The number of halogens is 5. The van der Waals surface area contributed by atoms with Gasteiger partial charge in [-0.1, -0.05) is 0 Å². The highest BCUT2D eigenvalue weighted by Crippen LogP contribution is 2.28. The minimum Gasteiger partial charge on any atom is -0.444 e. The number of nitro groups is 1. The molecule has 1 aromatic rings. The Morgan fingerprint density at radius 1 is 1.26 bits per heavy atom. The predicted molar refractivity (Wildman–Crippen MR) is 112 cm³/mol. The SMILES string of the molecule is CC(C)(C)OC(=O)N1CC[C@H](F)[C@@H](NC(=O)c2cc([N+](=O)[O-])c(NCCOC(F)(F)F)cc2F)C1. The lowest BCUT2D eigenvalue weighted by Crippen LogP contribution is -2.55. The van der Waals surface area contributed by atoms with E-state index < -0.39 is 77.0 Å². The Morgan fingerprint density at radius 2 is 1.91 bits per heavy atom. The number of nitro benzene ring substituents is 1. The van der Waals surface area contributed by atoms with Crippen molar-refractivity contribution in [3.05, 3.63) is 33.6 Å². The van der Waals surface area contributed by atoms with Gasteiger partial charge in [0.25, 0.3) is 11.6 Å². The molecule has 1 aliphatic rings. The number of piperidine rings is 1. The molecule has 10 nitrogen and oxygen atoms in total. The van der Waals surface area contributed by atoms with Crippen molar-refractivity contribution >= 4 is 23.4 Å². The zero-order chi connectivity index (χ0) is 26.6. The second-order valence-corrected chi connectivity index (χ2v) is 8.64. The second kappa shape index (κ2) is 11.0. The molecule has 35 heavy (non-hydrogen) atoms. The van der Waals surface area contributed by atoms with Crippen molar-refractivity contribution in [3.8, 4) is 0 Å². The van der Waals surface area contributed by atoms with Gasteiger partial charge in [-0.2, -0.15) is 0 Å². The fourth-order valence-corrected chi connectivity index (χ4v) is 3.18. The number of alkyl halides is 4. The van der Waals surface area contributed by atoms with Crippen molar-refractivity contribution < 1.29 is 45.9 Å². The molecular weight excluding hydrogens is 487 g/mol. The molecule has 15 heteroatoms. The van der Waals surface area contributed by atoms with Gasteiger partial charge in [0.1, 0.15) is 23.3 Å². The van der Waals surface area contributed by atoms with Crippen LogP contribution < -0.4 is 10.6 Å². The van der Waals surface area contributed by atoms with Gasteiger partial charge in [-0.25, -0.2) is 13.6 Å². The highest BCUT2D eigenvalue weighted by atomic mass is 19.4. The van der Waals surface area contributed by atoms with Crippen LogP contribution in [0.4, 0.5) is 38.1 Å². The quantitative estimate of drug-likeness (QED) is 0.247. The Kier molecular flexibility index (Phi) is 8.81. The fraction of sp³-hybridized carbons (Fsp3) is 0.600. The smallest absolute Gasteiger partial charge is 0.444 e. The molecule has 0 bridgehead atoms. The number of amides is 2. The standard InChI is InChI=1S/C20H25F5N4O6/c1-19(2,3)35-18(31)28-6-4-12(21)15(10-28)27-17(30)11-8-16(29(32)33)14(9-13(11)22)26-5-7-34-20(23,24)25/h8-9,12,15,26H,4-7,10H2,1-3H3,(H,27,30)/t12-,15-/m0/s1. The summed E-state index contributed by atoms with van der Waals surface area (Å²) in [5.41, 5.74) is -2.86. The number of likely N-dealkylation sites (tertiary alicyclic amines) is 1. The van der Waals surface area contributed by atoms with Crippen LogP contribution in [0, 0.1) is 15.9 Å². The first-order chi connectivity index (χ1) is 16.1. The summed E-state index contributed by atoms with van der Waals surface area (Å²) in [6.45, 7) is 3.23. The number of hydrogen-bond acceptors (Lipinski definition) is 7. The largest absolute Gasteiger partial charge is 0.522 e. The van der Waals surface area contributed by atoms with Crippen LogP contribution in [0.5, 0.6) is 0 Å². The molecule has 0 spiro atoms. The molecule has 2 rings (SSSR count). The summed E-state index contributed by atoms with van der Waals surface area (Å²) in [7, 11) is 0. The van der Waals surface area contributed by atoms with Crippen LogP contribution >= 0.6 is 0 Å². The van der Waals surface area contributed by atoms with Crippen LogP contribution in [-0.2, 0) is 9.47 Å². The lowest BCUT2D eigenvalue weighted by Gasteiger charge is -2.36. The van der Waals surface area contributed by atoms with Gasteiger partial charge >= 0.3 is 12.5 Å². The number of carbonyl (C=O) groups excluding carboxylic acids is 2. The Morgan fingerprint density at radius 3 is 2.49 bits per heavy atom. The van der Waals surface area contributed by atoms with Gasteiger partial charge in [0.15, 0.2) is 0 Å². The summed E-state index contributed by atoms with van der Waals surface area (Å²) < 4.78 is 73.9. The van der Waals surface area contributed by atoms with Gasteiger partial charge in [-0.3, -0.25) is 19.6 Å². The summed E-state index contributed by atoms with van der Waals surface area (Å²) in [6, 6.07) is -0.0830. The molecule has 196 valence electrons. The van der Waals surface area contributed by atoms with E-state index in [1.165, 1.54) is 4.90 Å². The number of anilines is 1. The number of carbonyl (C=O) groups is 2. The van der Waals surface area contributed by atoms with Gasteiger partial charge < -0.3 is 20.3 Å². The van der Waals surface area contributed by atoms with E-state index >= 15 is 0 Å². The first-order valence-electron chi connectivity index (χ1n) is 10.4. The van der Waals surface area contributed by atoms with E-state index in [0.29, 0.717) is 12.1 Å². The third kappa shape index (κ3) is 8.49. The molecule has 0 unspecified atom stereocenters. The molecule has 0 saturated carbocycles. The third-order valence-electron chi connectivity index (χ3n) is 4.71. The zero-order valence-electron chi connectivity index (χ0n) is 19.1. The van der Waals surface area contributed by atoms with Crippen molar-refractivity contribution in [2.45, 2.75) is 51.4 Å². The minimum absolute atomic E-state index is 0.0285. The zero-order valence-corrected chi connectivity index (χ0v) is 19.1. The lowest BCUT2D eigenvalue weighted by atomic mass is 10.0. The Balaban J connectivity index is 2.13. The van der Waals surface area contributed by atoms with Crippen molar-refractivity contribution in [3.63, 3.8) is 0 Å². The average molecular weight is 512 g/mol. The molecule has 0 aromatic heterocycles. The van der Waals surface area contributed by atoms with Crippen LogP contribution in [0.15, 0.2) is 12.1 Å². The Hall–Kier alpha value is -3.23. The van der Waals surface area contributed by atoms with E-state index in [4.69, 9.17) is 4.74 Å². The number of hydrogen-bond donors (Lipinski definition) is 2. The van der Waals surface area contributed by atoms with Crippen LogP contribution in [0.3, 0.4) is 0 Å². The van der Waals surface area contributed by atoms with Crippen LogP contribution in [0.1, 0.15) is 37.6 Å². The van der Waals surface area contributed by atoms with E-state index in [-0.39, 0.29) is 19.5 Å². The monoisotopic (exact) mass is 512 g/mol. The van der Waals surface area contributed by atoms with E-state index in [0.717, 1.165) is 0 Å². The van der Waals surface area contributed by atoms with Gasteiger partial charge in [0.2, 0.25) is 0 Å². The summed E-state index contributed by atoms with van der Waals surface area (Å²) in [6.07, 6.45) is -7.34. The topological polar surface area (TPSA) is 123 Å². The molecule has 1 heterocycles. The number of nitrogens with zero attached hydrogens (tertiary/aromatic N) is 2. The Labute approximate surface area is 196 Å². The van der Waals surface area contributed by atoms with Gasteiger partial charge in [-0.15, -0.1) is 13.2 Å². The summed E-state index contributed by atoms with van der Waals surface area (Å²) >= 11 is 0. The van der Waals surface area contributed by atoms with Gasteiger partial charge in [0.05, 0.1) is 23.1 Å². The molecule has 0 aliphatic carbocycles. The molecule has 1 saturated heterocycles. The van der Waals surface area contributed by atoms with Crippen LogP contribution in [0.2, 0.25) is 0 Å². The average Bonchev–Trinajstić information content (AvgIpc) is 2.70. The second-order valence-electron chi connectivity index (χ2n) is 8.64. The molecule has 2 atom stereocenters. The number of benzene rings is 1. The van der Waals surface area contributed by atoms with Crippen molar-refractivity contribution in [2.24, 2.45) is 0 Å². The van der Waals surface area contributed by atoms with E-state index in [9.17, 15) is 41.7 Å². The predicted octanol–water partition coefficient (Wildman–Crippen LogP) is 3.76. The molecular formula is C20H25F5N4O6. The highest BCUT2D eigenvalue weighted by molar-refractivity contribution is 5.96. The number of nitrogens with one attached hydrogen (secondary N) is 2. The van der Waals surface area contributed by atoms with Crippen LogP contribution in [0.25, 0.3) is 0 Å². The molecule has 2 amide bonds. The number of ether oxygens (including phenoxy) is 2. The van der Waals surface area contributed by atoms with E-state index in [2.05, 4.69) is 15.4 Å². The third-order valence-corrected chi connectivity index (χ3v) is 4.71. The van der Waals surface area contributed by atoms with E-state index in [1.54, 1.807) is 20.8 Å². The van der Waals surface area contributed by atoms with E-state index in [1.807, 2.05) is 0 Å². The Bertz CT molecular complexity index is 953. The fourth-order valence-electron chi connectivity index (χ4n) is 3.18. The maximum absolute atomic E-state index is 14.6. The molecule has 2 N–H and O–H groups in total.